The number of nitrogens with zero attached hydrogens (tertiary/aromatic N) is 3. The van der Waals surface area contributed by atoms with Crippen molar-refractivity contribution in [2.45, 2.75) is 39.8 Å². The fourth-order valence-electron chi connectivity index (χ4n) is 2.42. The largest absolute Gasteiger partial charge is 2.00 e. The standard InChI is InChI=1S/C17H23N3O2.2ClH.V/c1-10(2)14-8-21-16(19-14)12-6-5-7-13(18-12)17-20-15(9-22-17)11(3)4;;;/h5-7,10-11,14-15H,8-9H2,1-4H3;2*1H;/q;;;+2/p-2/t14-,15-;;;/m0.../s1. The number of pyridine rings is 1. The van der Waals surface area contributed by atoms with Crippen LogP contribution in [0, 0.1) is 11.8 Å². The normalized spacial score (nSPS) is 21.4. The Bertz CT molecular complexity index is 574. The Morgan fingerprint density at radius 1 is 0.840 bits per heavy atom. The summed E-state index contributed by atoms with van der Waals surface area (Å²) in [5, 5.41) is 0. The summed E-state index contributed by atoms with van der Waals surface area (Å²) in [4.78, 5) is 13.9. The summed E-state index contributed by atoms with van der Waals surface area (Å²) in [7, 11) is 0. The van der Waals surface area contributed by atoms with Crippen molar-refractivity contribution in [1.29, 1.82) is 0 Å². The zero-order valence-corrected chi connectivity index (χ0v) is 17.7. The molecule has 3 heterocycles. The number of rotatable bonds is 4. The third-order valence-corrected chi connectivity index (χ3v) is 4.07. The minimum Gasteiger partial charge on any atom is -1.00 e. The van der Waals surface area contributed by atoms with E-state index in [1.165, 1.54) is 0 Å². The Labute approximate surface area is 173 Å². The molecule has 0 saturated heterocycles. The number of aromatic nitrogens is 1. The zero-order chi connectivity index (χ0) is 15.7. The molecule has 2 aliphatic heterocycles. The second-order valence-corrected chi connectivity index (χ2v) is 6.52. The van der Waals surface area contributed by atoms with Crippen LogP contribution in [0.25, 0.3) is 0 Å². The van der Waals surface area contributed by atoms with Crippen LogP contribution in [0.2, 0.25) is 0 Å². The first kappa shape index (κ1) is 24.3. The summed E-state index contributed by atoms with van der Waals surface area (Å²) in [6.45, 7) is 9.86. The quantitative estimate of drug-likeness (QED) is 0.510. The Morgan fingerprint density at radius 2 is 1.24 bits per heavy atom. The van der Waals surface area contributed by atoms with Crippen molar-refractivity contribution >= 4 is 11.8 Å². The van der Waals surface area contributed by atoms with Crippen LogP contribution >= 0.6 is 0 Å². The summed E-state index contributed by atoms with van der Waals surface area (Å²) in [5.74, 6) is 2.18. The number of ether oxygens (including phenoxy) is 2. The first-order valence-electron chi connectivity index (χ1n) is 7.93. The average Bonchev–Trinajstić information content (AvgIpc) is 3.17. The fourth-order valence-corrected chi connectivity index (χ4v) is 2.42. The third-order valence-electron chi connectivity index (χ3n) is 4.07. The Hall–Kier alpha value is -0.746. The van der Waals surface area contributed by atoms with E-state index in [2.05, 4.69) is 42.7 Å². The van der Waals surface area contributed by atoms with E-state index >= 15 is 0 Å². The van der Waals surface area contributed by atoms with Gasteiger partial charge in [0.05, 0.1) is 12.1 Å². The van der Waals surface area contributed by atoms with Crippen LogP contribution in [-0.2, 0) is 28.0 Å². The third kappa shape index (κ3) is 5.61. The van der Waals surface area contributed by atoms with E-state index in [1.807, 2.05) is 18.2 Å². The number of hydrogen-bond acceptors (Lipinski definition) is 5. The van der Waals surface area contributed by atoms with Gasteiger partial charge in [0.15, 0.2) is 0 Å². The second kappa shape index (κ2) is 10.4. The molecule has 0 aromatic carbocycles. The van der Waals surface area contributed by atoms with Crippen LogP contribution in [0.15, 0.2) is 28.2 Å². The van der Waals surface area contributed by atoms with Crippen LogP contribution in [0.5, 0.6) is 0 Å². The molecule has 0 N–H and O–H groups in total. The topological polar surface area (TPSA) is 56.1 Å². The Morgan fingerprint density at radius 3 is 1.56 bits per heavy atom. The van der Waals surface area contributed by atoms with Crippen molar-refractivity contribution in [2.24, 2.45) is 21.8 Å². The van der Waals surface area contributed by atoms with Crippen LogP contribution in [0.1, 0.15) is 39.1 Å². The summed E-state index contributed by atoms with van der Waals surface area (Å²) in [5.41, 5.74) is 1.50. The van der Waals surface area contributed by atoms with Gasteiger partial charge in [0.25, 0.3) is 0 Å². The summed E-state index contributed by atoms with van der Waals surface area (Å²) >= 11 is 0. The molecule has 0 amide bonds. The molecular formula is C17H23Cl2N3O2V. The predicted molar refractivity (Wildman–Crippen MR) is 86.5 cm³/mol. The minimum atomic E-state index is 0. The van der Waals surface area contributed by atoms with E-state index in [1.54, 1.807) is 0 Å². The average molecular weight is 423 g/mol. The molecule has 1 aromatic rings. The zero-order valence-electron chi connectivity index (χ0n) is 14.8. The van der Waals surface area contributed by atoms with Gasteiger partial charge in [0.2, 0.25) is 11.8 Å². The molecule has 0 spiro atoms. The van der Waals surface area contributed by atoms with Gasteiger partial charge < -0.3 is 34.3 Å². The monoisotopic (exact) mass is 422 g/mol. The minimum absolute atomic E-state index is 0. The number of aliphatic imine (C=N–C) groups is 2. The van der Waals surface area contributed by atoms with Crippen LogP contribution in [0.4, 0.5) is 0 Å². The van der Waals surface area contributed by atoms with Gasteiger partial charge in [-0.05, 0) is 24.0 Å². The number of hydrogen-bond donors (Lipinski definition) is 0. The second-order valence-electron chi connectivity index (χ2n) is 6.52. The van der Waals surface area contributed by atoms with E-state index in [4.69, 9.17) is 9.47 Å². The maximum atomic E-state index is 5.70. The molecule has 0 fully saturated rings. The molecule has 2 aliphatic rings. The fraction of sp³-hybridized carbons (Fsp3) is 0.588. The van der Waals surface area contributed by atoms with Crippen molar-refractivity contribution < 1.29 is 52.8 Å². The van der Waals surface area contributed by atoms with Crippen molar-refractivity contribution in [3.63, 3.8) is 0 Å². The maximum Gasteiger partial charge on any atom is 2.00 e. The molecule has 1 radical (unpaired) electrons. The van der Waals surface area contributed by atoms with E-state index in [0.717, 1.165) is 11.4 Å². The molecule has 0 aliphatic carbocycles. The molecule has 2 atom stereocenters. The van der Waals surface area contributed by atoms with Crippen LogP contribution < -0.4 is 24.8 Å². The summed E-state index contributed by atoms with van der Waals surface area (Å²) < 4.78 is 11.4. The van der Waals surface area contributed by atoms with Crippen molar-refractivity contribution in [3.05, 3.63) is 29.6 Å². The van der Waals surface area contributed by atoms with Gasteiger partial charge >= 0.3 is 18.6 Å². The number of halogens is 2. The van der Waals surface area contributed by atoms with Gasteiger partial charge in [-0.3, -0.25) is 0 Å². The molecule has 25 heavy (non-hydrogen) atoms. The maximum absolute atomic E-state index is 5.70. The van der Waals surface area contributed by atoms with Gasteiger partial charge in [-0.25, -0.2) is 15.0 Å². The van der Waals surface area contributed by atoms with Gasteiger partial charge in [-0.15, -0.1) is 0 Å². The molecular weight excluding hydrogens is 400 g/mol. The van der Waals surface area contributed by atoms with Crippen LogP contribution in [0.3, 0.4) is 0 Å². The molecule has 0 unspecified atom stereocenters. The molecule has 8 heteroatoms. The van der Waals surface area contributed by atoms with E-state index in [0.29, 0.717) is 36.8 Å². The van der Waals surface area contributed by atoms with Gasteiger partial charge in [-0.2, -0.15) is 0 Å². The molecule has 0 bridgehead atoms. The smallest absolute Gasteiger partial charge is 1.00 e. The van der Waals surface area contributed by atoms with Crippen molar-refractivity contribution in [2.75, 3.05) is 13.2 Å². The van der Waals surface area contributed by atoms with Crippen molar-refractivity contribution in [1.82, 2.24) is 4.98 Å². The molecule has 5 nitrogen and oxygen atoms in total. The molecule has 3 rings (SSSR count). The molecule has 0 saturated carbocycles. The first-order chi connectivity index (χ1) is 10.5. The summed E-state index contributed by atoms with van der Waals surface area (Å²) in [6, 6.07) is 6.21. The Balaban J connectivity index is 0.00000192. The van der Waals surface area contributed by atoms with E-state index in [9.17, 15) is 0 Å². The van der Waals surface area contributed by atoms with Gasteiger partial charge in [0.1, 0.15) is 24.6 Å². The summed E-state index contributed by atoms with van der Waals surface area (Å²) in [6.07, 6.45) is 0. The molecule has 1 aromatic heterocycles. The van der Waals surface area contributed by atoms with E-state index < -0.39 is 0 Å². The predicted octanol–water partition coefficient (Wildman–Crippen LogP) is -3.31. The van der Waals surface area contributed by atoms with Gasteiger partial charge in [0, 0.05) is 0 Å². The SMILES string of the molecule is CC(C)[C@@H]1COC(c2cccc(C3=N[C@H](C(C)C)CO3)n2)=N1.[Cl-].[Cl-].[V+2]. The molecule has 137 valence electrons. The Kier molecular flexibility index (Phi) is 10.1. The first-order valence-corrected chi connectivity index (χ1v) is 7.93. The van der Waals surface area contributed by atoms with Crippen molar-refractivity contribution in [3.8, 4) is 0 Å². The van der Waals surface area contributed by atoms with Crippen LogP contribution in [-0.4, -0.2) is 42.1 Å². The van der Waals surface area contributed by atoms with E-state index in [-0.39, 0.29) is 55.5 Å². The van der Waals surface area contributed by atoms with Gasteiger partial charge in [-0.1, -0.05) is 33.8 Å².